The molecule has 3 nitrogen and oxygen atoms in total. The van der Waals surface area contributed by atoms with Gasteiger partial charge >= 0.3 is 0 Å². The average Bonchev–Trinajstić information content (AvgIpc) is 2.57. The molecule has 0 saturated carbocycles. The summed E-state index contributed by atoms with van der Waals surface area (Å²) in [6.45, 7) is 1.94. The Balaban J connectivity index is 2.29. The highest BCUT2D eigenvalue weighted by Crippen LogP contribution is 2.14. The predicted octanol–water partition coefficient (Wildman–Crippen LogP) is 3.41. The lowest BCUT2D eigenvalue weighted by Crippen LogP contribution is -2.45. The van der Waals surface area contributed by atoms with Gasteiger partial charge in [0.05, 0.1) is 12.1 Å². The number of carbonyl (C=O) groups excluding carboxylic acids is 1. The summed E-state index contributed by atoms with van der Waals surface area (Å²) in [5.74, 6) is 0. The number of carbonyl (C=O) groups is 1. The van der Waals surface area contributed by atoms with Crippen molar-refractivity contribution in [3.63, 3.8) is 0 Å². The third-order valence-electron chi connectivity index (χ3n) is 4.25. The van der Waals surface area contributed by atoms with Crippen LogP contribution in [0.25, 0.3) is 0 Å². The van der Waals surface area contributed by atoms with E-state index in [1.807, 2.05) is 0 Å². The molecule has 0 saturated heterocycles. The highest BCUT2D eigenvalue weighted by molar-refractivity contribution is 5.63. The first kappa shape index (κ1) is 18.9. The molecule has 0 amide bonds. The van der Waals surface area contributed by atoms with Crippen LogP contribution in [0.1, 0.15) is 63.0 Å². The number of nitrogens with two attached hydrogens (primary N) is 1. The molecule has 0 fully saturated rings. The number of hydrogen-bond acceptors (Lipinski definition) is 3. The Kier molecular flexibility index (Phi) is 9.02. The average molecular weight is 305 g/mol. The van der Waals surface area contributed by atoms with Gasteiger partial charge < -0.3 is 15.6 Å². The highest BCUT2D eigenvalue weighted by atomic mass is 16.3. The van der Waals surface area contributed by atoms with Crippen LogP contribution in [0.4, 0.5) is 0 Å². The summed E-state index contributed by atoms with van der Waals surface area (Å²) in [5, 5.41) is 9.13. The van der Waals surface area contributed by atoms with E-state index >= 15 is 0 Å². The zero-order valence-electron chi connectivity index (χ0n) is 13.9. The number of benzene rings is 1. The van der Waals surface area contributed by atoms with E-state index in [1.54, 1.807) is 0 Å². The number of unbranched alkanes of at least 4 members (excludes halogenated alkanes) is 5. The molecular weight excluding hydrogens is 274 g/mol. The van der Waals surface area contributed by atoms with Crippen molar-refractivity contribution >= 4 is 6.29 Å². The molecular formula is C19H31NO2. The normalized spacial score (nSPS) is 13.8. The maximum Gasteiger partial charge on any atom is 0.142 e. The largest absolute Gasteiger partial charge is 0.394 e. The SMILES string of the molecule is CCCCCCCCc1ccc(CCC(N)(C=O)CO)cc1. The maximum atomic E-state index is 10.9. The van der Waals surface area contributed by atoms with Gasteiger partial charge in [-0.05, 0) is 36.8 Å². The molecule has 124 valence electrons. The van der Waals surface area contributed by atoms with E-state index in [0.29, 0.717) is 19.1 Å². The quantitative estimate of drug-likeness (QED) is 0.459. The van der Waals surface area contributed by atoms with E-state index in [1.165, 1.54) is 44.1 Å². The van der Waals surface area contributed by atoms with Gasteiger partial charge in [0.1, 0.15) is 6.29 Å². The zero-order chi connectivity index (χ0) is 16.3. The second-order valence-corrected chi connectivity index (χ2v) is 6.34. The highest BCUT2D eigenvalue weighted by Gasteiger charge is 2.22. The second kappa shape index (κ2) is 10.5. The number of aliphatic hydroxyl groups excluding tert-OH is 1. The Labute approximate surface area is 134 Å². The van der Waals surface area contributed by atoms with Crippen molar-refractivity contribution in [3.8, 4) is 0 Å². The summed E-state index contributed by atoms with van der Waals surface area (Å²) in [5.41, 5.74) is 7.21. The van der Waals surface area contributed by atoms with Crippen molar-refractivity contribution in [1.82, 2.24) is 0 Å². The van der Waals surface area contributed by atoms with Crippen LogP contribution >= 0.6 is 0 Å². The van der Waals surface area contributed by atoms with E-state index in [2.05, 4.69) is 31.2 Å². The third kappa shape index (κ3) is 7.19. The van der Waals surface area contributed by atoms with Crippen molar-refractivity contribution in [1.29, 1.82) is 0 Å². The van der Waals surface area contributed by atoms with Crippen molar-refractivity contribution < 1.29 is 9.90 Å². The Bertz CT molecular complexity index is 416. The lowest BCUT2D eigenvalue weighted by atomic mass is 9.94. The van der Waals surface area contributed by atoms with Gasteiger partial charge in [0.25, 0.3) is 0 Å². The summed E-state index contributed by atoms with van der Waals surface area (Å²) >= 11 is 0. The Morgan fingerprint density at radius 1 is 1.00 bits per heavy atom. The van der Waals surface area contributed by atoms with Gasteiger partial charge in [-0.3, -0.25) is 0 Å². The van der Waals surface area contributed by atoms with Crippen LogP contribution < -0.4 is 5.73 Å². The number of hydrogen-bond donors (Lipinski definition) is 2. The second-order valence-electron chi connectivity index (χ2n) is 6.34. The van der Waals surface area contributed by atoms with Crippen molar-refractivity contribution in [2.75, 3.05) is 6.61 Å². The van der Waals surface area contributed by atoms with E-state index in [9.17, 15) is 4.79 Å². The number of aldehydes is 1. The minimum Gasteiger partial charge on any atom is -0.394 e. The van der Waals surface area contributed by atoms with Gasteiger partial charge in [-0.2, -0.15) is 0 Å². The lowest BCUT2D eigenvalue weighted by Gasteiger charge is -2.19. The molecule has 0 aliphatic heterocycles. The van der Waals surface area contributed by atoms with Gasteiger partial charge in [-0.25, -0.2) is 0 Å². The lowest BCUT2D eigenvalue weighted by molar-refractivity contribution is -0.113. The van der Waals surface area contributed by atoms with E-state index < -0.39 is 5.54 Å². The van der Waals surface area contributed by atoms with E-state index in [0.717, 1.165) is 12.0 Å². The third-order valence-corrected chi connectivity index (χ3v) is 4.25. The standard InChI is InChI=1S/C19H31NO2/c1-2-3-4-5-6-7-8-17-9-11-18(12-10-17)13-14-19(20,15-21)16-22/h9-12,15,22H,2-8,13-14,16,20H2,1H3. The molecule has 0 bridgehead atoms. The molecule has 3 N–H and O–H groups in total. The Morgan fingerprint density at radius 3 is 2.09 bits per heavy atom. The van der Waals surface area contributed by atoms with E-state index in [-0.39, 0.29) is 6.61 Å². The smallest absolute Gasteiger partial charge is 0.142 e. The Hall–Kier alpha value is -1.19. The van der Waals surface area contributed by atoms with Crippen molar-refractivity contribution in [2.45, 2.75) is 70.3 Å². The fourth-order valence-corrected chi connectivity index (χ4v) is 2.53. The molecule has 0 aliphatic rings. The Morgan fingerprint density at radius 2 is 1.55 bits per heavy atom. The number of aliphatic hydroxyl groups is 1. The fourth-order valence-electron chi connectivity index (χ4n) is 2.53. The first-order valence-electron chi connectivity index (χ1n) is 8.57. The molecule has 0 radical (unpaired) electrons. The number of rotatable bonds is 12. The first-order valence-corrected chi connectivity index (χ1v) is 8.57. The topological polar surface area (TPSA) is 63.3 Å². The van der Waals surface area contributed by atoms with Crippen LogP contribution in [0.3, 0.4) is 0 Å². The van der Waals surface area contributed by atoms with Crippen LogP contribution in [0.2, 0.25) is 0 Å². The predicted molar refractivity (Wildman–Crippen MR) is 91.9 cm³/mol. The summed E-state index contributed by atoms with van der Waals surface area (Å²) in [7, 11) is 0. The van der Waals surface area contributed by atoms with Gasteiger partial charge in [0, 0.05) is 0 Å². The summed E-state index contributed by atoms with van der Waals surface area (Å²) in [6, 6.07) is 8.54. The zero-order valence-corrected chi connectivity index (χ0v) is 13.9. The van der Waals surface area contributed by atoms with Gasteiger partial charge in [-0.1, -0.05) is 63.3 Å². The van der Waals surface area contributed by atoms with E-state index in [4.69, 9.17) is 10.8 Å². The van der Waals surface area contributed by atoms with Crippen LogP contribution in [-0.4, -0.2) is 23.5 Å². The summed E-state index contributed by atoms with van der Waals surface area (Å²) < 4.78 is 0. The van der Waals surface area contributed by atoms with Crippen LogP contribution in [0.15, 0.2) is 24.3 Å². The molecule has 0 aliphatic carbocycles. The number of aryl methyl sites for hydroxylation is 2. The maximum absolute atomic E-state index is 10.9. The molecule has 0 aromatic heterocycles. The van der Waals surface area contributed by atoms with Crippen molar-refractivity contribution in [3.05, 3.63) is 35.4 Å². The molecule has 1 aromatic carbocycles. The first-order chi connectivity index (χ1) is 10.6. The van der Waals surface area contributed by atoms with Gasteiger partial charge in [-0.15, -0.1) is 0 Å². The van der Waals surface area contributed by atoms with Crippen molar-refractivity contribution in [2.24, 2.45) is 5.73 Å². The van der Waals surface area contributed by atoms with Gasteiger partial charge in [0.15, 0.2) is 0 Å². The molecule has 1 rings (SSSR count). The van der Waals surface area contributed by atoms with Crippen LogP contribution in [0, 0.1) is 0 Å². The summed E-state index contributed by atoms with van der Waals surface area (Å²) in [6.07, 6.45) is 10.9. The molecule has 0 heterocycles. The molecule has 0 spiro atoms. The monoisotopic (exact) mass is 305 g/mol. The minimum absolute atomic E-state index is 0.299. The summed E-state index contributed by atoms with van der Waals surface area (Å²) in [4.78, 5) is 10.9. The molecule has 3 heteroatoms. The molecule has 22 heavy (non-hydrogen) atoms. The minimum atomic E-state index is -1.10. The molecule has 1 unspecified atom stereocenters. The molecule has 1 aromatic rings. The fraction of sp³-hybridized carbons (Fsp3) is 0.632. The van der Waals surface area contributed by atoms with Crippen LogP contribution in [-0.2, 0) is 17.6 Å². The van der Waals surface area contributed by atoms with Gasteiger partial charge in [0.2, 0.25) is 0 Å². The van der Waals surface area contributed by atoms with Crippen LogP contribution in [0.5, 0.6) is 0 Å². The molecule has 1 atom stereocenters.